The van der Waals surface area contributed by atoms with E-state index in [1.54, 1.807) is 0 Å². The molecule has 108 valence electrons. The lowest BCUT2D eigenvalue weighted by molar-refractivity contribution is -0.119. The summed E-state index contributed by atoms with van der Waals surface area (Å²) in [7, 11) is 0. The van der Waals surface area contributed by atoms with Crippen LogP contribution in [0.3, 0.4) is 0 Å². The van der Waals surface area contributed by atoms with Crippen molar-refractivity contribution in [3.63, 3.8) is 0 Å². The molecule has 0 aromatic heterocycles. The minimum absolute atomic E-state index is 0.191. The number of hydrogen-bond acceptors (Lipinski definition) is 3. The highest BCUT2D eigenvalue weighted by molar-refractivity contribution is 5.96. The Kier molecular flexibility index (Phi) is 3.87. The van der Waals surface area contributed by atoms with Gasteiger partial charge in [-0.1, -0.05) is 0 Å². The molecular weight excluding hydrogens is 268 g/mol. The van der Waals surface area contributed by atoms with Crippen molar-refractivity contribution in [2.24, 2.45) is 0 Å². The number of nitrogen functional groups attached to an aromatic ring is 1. The van der Waals surface area contributed by atoms with Gasteiger partial charge in [0.05, 0.1) is 5.69 Å². The van der Waals surface area contributed by atoms with Gasteiger partial charge in [0.25, 0.3) is 5.91 Å². The third kappa shape index (κ3) is 2.71. The maximum atomic E-state index is 13.8. The molecule has 0 aliphatic carbocycles. The lowest BCUT2D eigenvalue weighted by atomic mass is 10.1. The zero-order valence-corrected chi connectivity index (χ0v) is 11.0. The van der Waals surface area contributed by atoms with Crippen LogP contribution in [0.5, 0.6) is 0 Å². The summed E-state index contributed by atoms with van der Waals surface area (Å²) in [6.45, 7) is 1.94. The minimum Gasteiger partial charge on any atom is -0.396 e. The molecule has 1 aromatic carbocycles. The lowest BCUT2D eigenvalue weighted by Crippen LogP contribution is -2.37. The van der Waals surface area contributed by atoms with Crippen LogP contribution in [0.1, 0.15) is 23.7 Å². The average molecular weight is 283 g/mol. The fraction of sp³-hybridized carbons (Fsp3) is 0.385. The van der Waals surface area contributed by atoms with Crippen LogP contribution in [0, 0.1) is 11.6 Å². The van der Waals surface area contributed by atoms with Gasteiger partial charge in [0.2, 0.25) is 5.91 Å². The molecule has 2 amide bonds. The summed E-state index contributed by atoms with van der Waals surface area (Å²) < 4.78 is 27.4. The number of nitrogens with zero attached hydrogens (tertiary/aromatic N) is 1. The Morgan fingerprint density at radius 1 is 1.40 bits per heavy atom. The first-order valence-corrected chi connectivity index (χ1v) is 6.20. The molecule has 1 unspecified atom stereocenters. The van der Waals surface area contributed by atoms with Gasteiger partial charge in [-0.2, -0.15) is 0 Å². The zero-order chi connectivity index (χ0) is 14.9. The number of nitrogens with two attached hydrogens (primary N) is 1. The van der Waals surface area contributed by atoms with Gasteiger partial charge in [0.1, 0.15) is 11.4 Å². The molecule has 2 rings (SSSR count). The van der Waals surface area contributed by atoms with Crippen LogP contribution in [0.15, 0.2) is 12.1 Å². The quantitative estimate of drug-likeness (QED) is 0.792. The zero-order valence-electron chi connectivity index (χ0n) is 11.0. The molecule has 7 heteroatoms. The predicted molar refractivity (Wildman–Crippen MR) is 68.9 cm³/mol. The molecule has 1 fully saturated rings. The van der Waals surface area contributed by atoms with Crippen molar-refractivity contribution in [1.82, 2.24) is 10.2 Å². The summed E-state index contributed by atoms with van der Waals surface area (Å²) in [4.78, 5) is 24.4. The van der Waals surface area contributed by atoms with E-state index >= 15 is 0 Å². The standard InChI is InChI=1S/C13H15F2N3O2/c1-7(19)17-8-4-5-18(6-8)13(20)11-9(14)2-3-10(16)12(11)15/h2-3,8H,4-6,16H2,1H3,(H,17,19). The average Bonchev–Trinajstić information content (AvgIpc) is 2.82. The number of carbonyl (C=O) groups is 2. The summed E-state index contributed by atoms with van der Waals surface area (Å²) in [5.41, 5.74) is 4.43. The molecule has 5 nitrogen and oxygen atoms in total. The number of carbonyl (C=O) groups excluding carboxylic acids is 2. The largest absolute Gasteiger partial charge is 0.396 e. The third-order valence-electron chi connectivity index (χ3n) is 3.22. The van der Waals surface area contributed by atoms with Crippen molar-refractivity contribution in [1.29, 1.82) is 0 Å². The van der Waals surface area contributed by atoms with Crippen molar-refractivity contribution >= 4 is 17.5 Å². The Labute approximate surface area is 114 Å². The number of halogens is 2. The molecule has 1 aliphatic rings. The van der Waals surface area contributed by atoms with Gasteiger partial charge in [-0.15, -0.1) is 0 Å². The van der Waals surface area contributed by atoms with E-state index < -0.39 is 23.1 Å². The number of benzene rings is 1. The SMILES string of the molecule is CC(=O)NC1CCN(C(=O)c2c(F)ccc(N)c2F)C1. The second-order valence-electron chi connectivity index (χ2n) is 4.76. The smallest absolute Gasteiger partial charge is 0.259 e. The van der Waals surface area contributed by atoms with E-state index in [9.17, 15) is 18.4 Å². The normalized spacial score (nSPS) is 18.1. The number of anilines is 1. The second-order valence-corrected chi connectivity index (χ2v) is 4.76. The summed E-state index contributed by atoms with van der Waals surface area (Å²) in [6, 6.07) is 1.85. The Hall–Kier alpha value is -2.18. The van der Waals surface area contributed by atoms with E-state index in [1.165, 1.54) is 11.8 Å². The molecule has 0 spiro atoms. The van der Waals surface area contributed by atoms with Gasteiger partial charge in [0, 0.05) is 26.1 Å². The number of hydrogen-bond donors (Lipinski definition) is 2. The maximum Gasteiger partial charge on any atom is 0.259 e. The van der Waals surface area contributed by atoms with Gasteiger partial charge in [-0.3, -0.25) is 9.59 Å². The summed E-state index contributed by atoms with van der Waals surface area (Å²) >= 11 is 0. The fourth-order valence-corrected chi connectivity index (χ4v) is 2.27. The van der Waals surface area contributed by atoms with Gasteiger partial charge in [-0.05, 0) is 18.6 Å². The Morgan fingerprint density at radius 2 is 2.10 bits per heavy atom. The van der Waals surface area contributed by atoms with Crippen LogP contribution >= 0.6 is 0 Å². The van der Waals surface area contributed by atoms with Crippen LogP contribution in [0.25, 0.3) is 0 Å². The predicted octanol–water partition coefficient (Wildman–Crippen LogP) is 0.898. The molecule has 1 saturated heterocycles. The number of amides is 2. The number of rotatable bonds is 2. The van der Waals surface area contributed by atoms with E-state index in [0.29, 0.717) is 13.0 Å². The molecule has 1 heterocycles. The van der Waals surface area contributed by atoms with Crippen LogP contribution in [-0.4, -0.2) is 35.8 Å². The van der Waals surface area contributed by atoms with E-state index in [0.717, 1.165) is 12.1 Å². The molecule has 1 aliphatic heterocycles. The second kappa shape index (κ2) is 5.44. The summed E-state index contributed by atoms with van der Waals surface area (Å²) in [5.74, 6) is -2.94. The molecular formula is C13H15F2N3O2. The van der Waals surface area contributed by atoms with Crippen LogP contribution in [0.4, 0.5) is 14.5 Å². The molecule has 1 atom stereocenters. The summed E-state index contributed by atoms with van der Waals surface area (Å²) in [6.07, 6.45) is 0.552. The summed E-state index contributed by atoms with van der Waals surface area (Å²) in [5, 5.41) is 2.67. The molecule has 0 radical (unpaired) electrons. The van der Waals surface area contributed by atoms with Gasteiger partial charge < -0.3 is 16.0 Å². The fourth-order valence-electron chi connectivity index (χ4n) is 2.27. The first-order valence-electron chi connectivity index (χ1n) is 6.20. The van der Waals surface area contributed by atoms with Crippen molar-refractivity contribution in [2.45, 2.75) is 19.4 Å². The van der Waals surface area contributed by atoms with Gasteiger partial charge in [-0.25, -0.2) is 8.78 Å². The van der Waals surface area contributed by atoms with E-state index in [4.69, 9.17) is 5.73 Å². The molecule has 20 heavy (non-hydrogen) atoms. The maximum absolute atomic E-state index is 13.8. The molecule has 0 saturated carbocycles. The van der Waals surface area contributed by atoms with Crippen LogP contribution in [-0.2, 0) is 4.79 Å². The van der Waals surface area contributed by atoms with Crippen LogP contribution in [0.2, 0.25) is 0 Å². The molecule has 3 N–H and O–H groups in total. The van der Waals surface area contributed by atoms with Crippen LogP contribution < -0.4 is 11.1 Å². The topological polar surface area (TPSA) is 75.4 Å². The monoisotopic (exact) mass is 283 g/mol. The first-order chi connectivity index (χ1) is 9.40. The van der Waals surface area contributed by atoms with Gasteiger partial charge in [0.15, 0.2) is 5.82 Å². The highest BCUT2D eigenvalue weighted by Crippen LogP contribution is 2.22. The van der Waals surface area contributed by atoms with E-state index in [-0.39, 0.29) is 24.2 Å². The van der Waals surface area contributed by atoms with Crippen molar-refractivity contribution in [2.75, 3.05) is 18.8 Å². The van der Waals surface area contributed by atoms with E-state index in [2.05, 4.69) is 5.32 Å². The molecule has 1 aromatic rings. The van der Waals surface area contributed by atoms with Crippen molar-refractivity contribution < 1.29 is 18.4 Å². The van der Waals surface area contributed by atoms with Crippen molar-refractivity contribution in [3.8, 4) is 0 Å². The highest BCUT2D eigenvalue weighted by Gasteiger charge is 2.31. The lowest BCUT2D eigenvalue weighted by Gasteiger charge is -2.18. The van der Waals surface area contributed by atoms with Gasteiger partial charge >= 0.3 is 0 Å². The van der Waals surface area contributed by atoms with E-state index in [1.807, 2.05) is 0 Å². The Bertz CT molecular complexity index is 563. The van der Waals surface area contributed by atoms with Crippen molar-refractivity contribution in [3.05, 3.63) is 29.3 Å². The Balaban J connectivity index is 2.17. The third-order valence-corrected chi connectivity index (χ3v) is 3.22. The molecule has 0 bridgehead atoms. The highest BCUT2D eigenvalue weighted by atomic mass is 19.1. The Morgan fingerprint density at radius 3 is 2.75 bits per heavy atom. The number of likely N-dealkylation sites (tertiary alicyclic amines) is 1. The first kappa shape index (κ1) is 14.2. The minimum atomic E-state index is -1.04. The number of nitrogens with one attached hydrogen (secondary N) is 1.